The maximum absolute atomic E-state index is 12.9. The fraction of sp³-hybridized carbons (Fsp3) is 0.398. The summed E-state index contributed by atoms with van der Waals surface area (Å²) in [5.74, 6) is 0.158. The number of ketones is 3. The van der Waals surface area contributed by atoms with Crippen LogP contribution in [-0.4, -0.2) is 250 Å². The van der Waals surface area contributed by atoms with Crippen LogP contribution in [0.1, 0.15) is 131 Å². The van der Waals surface area contributed by atoms with Crippen molar-refractivity contribution in [3.8, 4) is 0 Å². The van der Waals surface area contributed by atoms with Crippen LogP contribution in [0.25, 0.3) is 51.1 Å². The minimum absolute atomic E-state index is 0.0777. The Hall–Kier alpha value is -9.31. The Morgan fingerprint density at radius 3 is 1.05 bits per heavy atom. The predicted octanol–water partition coefficient (Wildman–Crippen LogP) is 18.8. The summed E-state index contributed by atoms with van der Waals surface area (Å²) in [6, 6.07) is 54.4. The van der Waals surface area contributed by atoms with Crippen LogP contribution in [0.2, 0.25) is 5.15 Å². The van der Waals surface area contributed by atoms with Crippen LogP contribution in [0.4, 0.5) is 0 Å². The van der Waals surface area contributed by atoms with Crippen LogP contribution in [0, 0.1) is 60.8 Å². The standard InChI is InChI=1S/C22H26N2O2S.C21H25N3OS.C21H24N2O2S.C20H25N3O2S.C19H20ClN3O2S/c1-3-17-4-6-18(7-5-17)21(25)20-15-19-14-16(2)24(22(19)27-20)9-8-23-10-12-26-13-11-23;1-15-3-5-17(6-4-15)20(22)19-14-18-13-16(2)24(21(18)26-19)8-7-23-9-11-25-12-10-23;1-15-3-5-17(6-4-15)20(24)19-14-18-13-16(2)23(21(18)26-19)8-7-22-9-11-25-12-10-22;1-14-3-4-16(13-21-14)19(24)18-12-17-11-15(2)23(20(17)26-18)6-5-22-7-9-25-10-8-22;1-13-11-14-12-16(18(24)15-3-2-4-17(20)21-15)26-19(14)23(13)6-5-22-7-9-25-10-8-22/h4-7,14-15H,3,8-13H2,1-2H3;3-6,13-14,22H,7-12H2,1-2H3;3-6,13-14H,7-12H2,1-2H3;3-4,11-13,19,24H,5-10H2,1-2H3;2-4,11-12H,5-10H2,1H3. The van der Waals surface area contributed by atoms with Gasteiger partial charge in [0.2, 0.25) is 17.3 Å². The lowest BCUT2D eigenvalue weighted by molar-refractivity contribution is 0.0364. The Balaban J connectivity index is 0.000000120. The molecule has 1 unspecified atom stereocenters. The van der Waals surface area contributed by atoms with Crippen molar-refractivity contribution in [3.63, 3.8) is 0 Å². The molecule has 2 N–H and O–H groups in total. The lowest BCUT2D eigenvalue weighted by Crippen LogP contribution is -2.38. The molecule has 15 aromatic rings. The zero-order valence-electron chi connectivity index (χ0n) is 76.7. The van der Waals surface area contributed by atoms with E-state index in [0.717, 1.165) is 261 Å². The van der Waals surface area contributed by atoms with Gasteiger partial charge in [0.25, 0.3) is 0 Å². The molecule has 5 fully saturated rings. The minimum Gasteiger partial charge on any atom is -0.383 e. The zero-order valence-corrected chi connectivity index (χ0v) is 81.5. The van der Waals surface area contributed by atoms with E-state index in [0.29, 0.717) is 21.4 Å². The second-order valence-electron chi connectivity index (χ2n) is 34.5. The van der Waals surface area contributed by atoms with Crippen LogP contribution < -0.4 is 0 Å². The summed E-state index contributed by atoms with van der Waals surface area (Å²) in [4.78, 5) is 69.5. The van der Waals surface area contributed by atoms with Gasteiger partial charge in [-0.05, 0) is 146 Å². The molecule has 5 saturated heterocycles. The number of halogens is 1. The molecule has 3 aromatic carbocycles. The largest absolute Gasteiger partial charge is 0.383 e. The quantitative estimate of drug-likeness (QED) is 0.0293. The Bertz CT molecular complexity index is 6220. The topological polar surface area (TPSA) is 208 Å². The van der Waals surface area contributed by atoms with Gasteiger partial charge in [-0.25, -0.2) is 4.98 Å². The summed E-state index contributed by atoms with van der Waals surface area (Å²) in [6.45, 7) is 47.2. The number of ether oxygens (including phenoxy) is 5. The number of aryl methyl sites for hydroxylation is 9. The molecule has 5 aliphatic heterocycles. The van der Waals surface area contributed by atoms with E-state index >= 15 is 0 Å². The highest BCUT2D eigenvalue weighted by molar-refractivity contribution is 7.22. The predicted molar refractivity (Wildman–Crippen MR) is 536 cm³/mol. The average Bonchev–Trinajstić information content (AvgIpc) is 1.65. The minimum atomic E-state index is -0.617. The van der Waals surface area contributed by atoms with Crippen molar-refractivity contribution >= 4 is 142 Å². The molecule has 22 nitrogen and oxygen atoms in total. The highest BCUT2D eigenvalue weighted by atomic mass is 35.5. The number of morpholine rings is 5. The van der Waals surface area contributed by atoms with Crippen molar-refractivity contribution in [2.24, 2.45) is 0 Å². The lowest BCUT2D eigenvalue weighted by Gasteiger charge is -2.26. The number of aliphatic hydroxyl groups is 1. The molecule has 0 bridgehead atoms. The van der Waals surface area contributed by atoms with E-state index in [2.05, 4.69) is 160 Å². The number of aliphatic hydroxyl groups excluding tert-OH is 1. The van der Waals surface area contributed by atoms with Gasteiger partial charge < -0.3 is 51.6 Å². The first-order valence-corrected chi connectivity index (χ1v) is 50.3. The first-order valence-electron chi connectivity index (χ1n) is 45.8. The number of pyridine rings is 2. The second-order valence-corrected chi connectivity index (χ2v) is 40.0. The van der Waals surface area contributed by atoms with Crippen molar-refractivity contribution in [3.05, 3.63) is 278 Å². The Labute approximate surface area is 792 Å². The van der Waals surface area contributed by atoms with Crippen LogP contribution in [-0.2, 0) is 62.8 Å². The second kappa shape index (κ2) is 44.7. The summed E-state index contributed by atoms with van der Waals surface area (Å²) in [5.41, 5.74) is 15.3. The fourth-order valence-corrected chi connectivity index (χ4v) is 23.6. The molecule has 1 atom stereocenters. The van der Waals surface area contributed by atoms with Gasteiger partial charge in [0, 0.05) is 225 Å². The molecular formula is C103H120ClN13O9S5. The summed E-state index contributed by atoms with van der Waals surface area (Å²) in [6.07, 6.45) is 2.14. The van der Waals surface area contributed by atoms with Crippen molar-refractivity contribution in [1.29, 1.82) is 5.41 Å². The molecule has 0 saturated carbocycles. The molecular weight excluding hydrogens is 1760 g/mol. The third kappa shape index (κ3) is 23.7. The van der Waals surface area contributed by atoms with Crippen molar-refractivity contribution < 1.29 is 43.2 Å². The monoisotopic (exact) mass is 1880 g/mol. The smallest absolute Gasteiger partial charge is 0.221 e. The molecule has 17 heterocycles. The van der Waals surface area contributed by atoms with Gasteiger partial charge in [-0.15, -0.1) is 56.7 Å². The summed E-state index contributed by atoms with van der Waals surface area (Å²) in [5, 5.41) is 25.6. The molecule has 0 radical (unpaired) electrons. The van der Waals surface area contributed by atoms with E-state index in [1.807, 2.05) is 105 Å². The van der Waals surface area contributed by atoms with Gasteiger partial charge in [-0.2, -0.15) is 0 Å². The van der Waals surface area contributed by atoms with Gasteiger partial charge in [0.15, 0.2) is 0 Å². The lowest BCUT2D eigenvalue weighted by atomic mass is 10.1. The first-order chi connectivity index (χ1) is 63.6. The van der Waals surface area contributed by atoms with Gasteiger partial charge in [0.05, 0.1) is 91.3 Å². The molecule has 20 rings (SSSR count). The number of rotatable bonds is 26. The Morgan fingerprint density at radius 1 is 0.382 bits per heavy atom. The van der Waals surface area contributed by atoms with Gasteiger partial charge in [-0.3, -0.25) is 49.3 Å². The number of hydrogen-bond acceptors (Lipinski definition) is 22. The maximum atomic E-state index is 12.9. The van der Waals surface area contributed by atoms with Crippen molar-refractivity contribution in [2.75, 3.05) is 164 Å². The summed E-state index contributed by atoms with van der Waals surface area (Å²) in [7, 11) is 0. The van der Waals surface area contributed by atoms with E-state index in [1.54, 1.807) is 69.7 Å². The van der Waals surface area contributed by atoms with Crippen molar-refractivity contribution in [1.82, 2.24) is 57.3 Å². The van der Waals surface area contributed by atoms with Crippen LogP contribution in [0.3, 0.4) is 0 Å². The first kappa shape index (κ1) is 94.9. The van der Waals surface area contributed by atoms with E-state index in [1.165, 1.54) is 97.4 Å². The zero-order chi connectivity index (χ0) is 91.2. The third-order valence-electron chi connectivity index (χ3n) is 25.3. The summed E-state index contributed by atoms with van der Waals surface area (Å²) < 4.78 is 38.9. The third-order valence-corrected chi connectivity index (χ3v) is 31.4. The number of thiophene rings is 5. The molecule has 0 amide bonds. The molecule has 5 aliphatic rings. The fourth-order valence-electron chi connectivity index (χ4n) is 17.4. The normalized spacial score (nSPS) is 15.9. The number of aromatic nitrogens is 7. The molecule has 28 heteroatoms. The number of nitrogens with one attached hydrogen (secondary N) is 1. The number of carbonyl (C=O) groups excluding carboxylic acids is 3. The van der Waals surface area contributed by atoms with Crippen LogP contribution >= 0.6 is 68.3 Å². The number of benzene rings is 3. The highest BCUT2D eigenvalue weighted by Gasteiger charge is 2.26. The van der Waals surface area contributed by atoms with Crippen LogP contribution in [0.5, 0.6) is 0 Å². The maximum Gasteiger partial charge on any atom is 0.221 e. The van der Waals surface area contributed by atoms with Crippen molar-refractivity contribution in [2.45, 2.75) is 108 Å². The number of nitrogens with zero attached hydrogens (tertiary/aromatic N) is 12. The van der Waals surface area contributed by atoms with E-state index in [9.17, 15) is 19.5 Å². The van der Waals surface area contributed by atoms with Crippen LogP contribution in [0.15, 0.2) is 170 Å². The van der Waals surface area contributed by atoms with E-state index in [-0.39, 0.29) is 17.3 Å². The average molecular weight is 1880 g/mol. The van der Waals surface area contributed by atoms with E-state index < -0.39 is 6.10 Å². The van der Waals surface area contributed by atoms with Gasteiger partial charge in [0.1, 0.15) is 41.1 Å². The Morgan fingerprint density at radius 2 is 0.702 bits per heavy atom. The highest BCUT2D eigenvalue weighted by Crippen LogP contribution is 2.38. The number of carbonyl (C=O) groups is 3. The number of fused-ring (bicyclic) bond motifs is 5. The summed E-state index contributed by atoms with van der Waals surface area (Å²) >= 11 is 14.1. The van der Waals surface area contributed by atoms with Gasteiger partial charge >= 0.3 is 0 Å². The molecule has 131 heavy (non-hydrogen) atoms. The Kier molecular flexibility index (Phi) is 32.4. The molecule has 688 valence electrons. The molecule has 0 aliphatic carbocycles. The van der Waals surface area contributed by atoms with E-state index in [4.69, 9.17) is 40.7 Å². The molecule has 0 spiro atoms. The number of hydrogen-bond donors (Lipinski definition) is 2. The SMILES string of the molecule is CCc1ccc(C(=O)c2cc3cc(C)n(CCN4CCOCC4)c3s2)cc1.Cc1cc2cc(C(=O)c3cccc(Cl)n3)sc2n1CCN1CCOCC1.Cc1ccc(C(=N)c2cc3cc(C)n(CCN4CCOCC4)c3s2)cc1.Cc1ccc(C(=O)c2cc3cc(C)n(CCN4CCOCC4)c3s2)cc1.Cc1ccc(C(O)c2cc3cc(C)n(CCN4CCOCC4)c3s2)cn1. The molecule has 12 aromatic heterocycles. The van der Waals surface area contributed by atoms with Gasteiger partial charge in [-0.1, -0.05) is 115 Å².